The summed E-state index contributed by atoms with van der Waals surface area (Å²) in [5.74, 6) is -1.86. The third-order valence-corrected chi connectivity index (χ3v) is 7.29. The van der Waals surface area contributed by atoms with Gasteiger partial charge >= 0.3 is 5.97 Å². The number of nitrogens with zero attached hydrogens (tertiary/aromatic N) is 3. The molecule has 3 rings (SSSR count). The maximum absolute atomic E-state index is 12.6. The zero-order valence-electron chi connectivity index (χ0n) is 16.7. The van der Waals surface area contributed by atoms with Crippen LogP contribution in [0.25, 0.3) is 0 Å². The zero-order chi connectivity index (χ0) is 25.0. The lowest BCUT2D eigenvalue weighted by molar-refractivity contribution is -0.384. The van der Waals surface area contributed by atoms with Crippen molar-refractivity contribution in [2.24, 2.45) is 0 Å². The van der Waals surface area contributed by atoms with Crippen LogP contribution < -0.4 is 11.1 Å². The molecule has 176 valence electrons. The molecule has 0 saturated carbocycles. The highest BCUT2D eigenvalue weighted by molar-refractivity contribution is 7.93. The first kappa shape index (κ1) is 24.2. The Labute approximate surface area is 194 Å². The number of nitrogen functional groups attached to an aromatic ring is 1. The Balaban J connectivity index is 1.63. The van der Waals surface area contributed by atoms with Crippen molar-refractivity contribution in [3.63, 3.8) is 0 Å². The van der Waals surface area contributed by atoms with E-state index in [-0.39, 0.29) is 31.2 Å². The number of hydrogen-bond acceptors (Lipinski definition) is 12. The molecule has 0 fully saturated rings. The maximum Gasteiger partial charge on any atom is 0.338 e. The Hall–Kier alpha value is -4.44. The molecule has 16 heteroatoms. The van der Waals surface area contributed by atoms with Gasteiger partial charge in [-0.1, -0.05) is 11.3 Å². The molecule has 0 radical (unpaired) electrons. The Kier molecular flexibility index (Phi) is 6.83. The number of carbonyl (C=O) groups is 2. The number of rotatable bonds is 8. The van der Waals surface area contributed by atoms with Crippen molar-refractivity contribution in [2.45, 2.75) is 9.10 Å². The second-order valence-electron chi connectivity index (χ2n) is 6.39. The van der Waals surface area contributed by atoms with E-state index in [2.05, 4.69) is 10.3 Å². The van der Waals surface area contributed by atoms with Crippen LogP contribution >= 0.6 is 11.3 Å². The van der Waals surface area contributed by atoms with Gasteiger partial charge in [0.15, 0.2) is 11.7 Å². The van der Waals surface area contributed by atoms with E-state index in [0.29, 0.717) is 11.3 Å². The van der Waals surface area contributed by atoms with Gasteiger partial charge < -0.3 is 10.5 Å². The lowest BCUT2D eigenvalue weighted by Gasteiger charge is -2.05. The van der Waals surface area contributed by atoms with E-state index >= 15 is 0 Å². The number of sulfone groups is 1. The Morgan fingerprint density at radius 1 is 1.09 bits per heavy atom. The number of non-ortho nitro benzene ring substituents is 1. The molecule has 34 heavy (non-hydrogen) atoms. The van der Waals surface area contributed by atoms with Crippen LogP contribution in [0.4, 0.5) is 22.2 Å². The van der Waals surface area contributed by atoms with Crippen LogP contribution in [-0.2, 0) is 19.4 Å². The minimum Gasteiger partial charge on any atom is -0.452 e. The van der Waals surface area contributed by atoms with E-state index in [4.69, 9.17) is 10.5 Å². The summed E-state index contributed by atoms with van der Waals surface area (Å²) in [6, 6.07) is 7.49. The number of nitro benzene ring substituents is 2. The number of ether oxygens (including phenoxy) is 1. The van der Waals surface area contributed by atoms with Crippen LogP contribution in [0.1, 0.15) is 10.4 Å². The van der Waals surface area contributed by atoms with Crippen LogP contribution in [0, 0.1) is 20.2 Å². The van der Waals surface area contributed by atoms with Gasteiger partial charge in [0.25, 0.3) is 17.3 Å². The molecule has 0 aliphatic carbocycles. The number of esters is 1. The quantitative estimate of drug-likeness (QED) is 0.195. The number of nitro groups is 2. The van der Waals surface area contributed by atoms with Crippen molar-refractivity contribution in [3.8, 4) is 0 Å². The van der Waals surface area contributed by atoms with Gasteiger partial charge in [-0.15, -0.1) is 0 Å². The first-order valence-electron chi connectivity index (χ1n) is 8.95. The fourth-order valence-electron chi connectivity index (χ4n) is 2.50. The Bertz CT molecular complexity index is 1400. The zero-order valence-corrected chi connectivity index (χ0v) is 18.4. The summed E-state index contributed by atoms with van der Waals surface area (Å²) in [5, 5.41) is 23.8. The first-order valence-corrected chi connectivity index (χ1v) is 11.3. The van der Waals surface area contributed by atoms with Gasteiger partial charge in [-0.2, -0.15) is 0 Å². The molecule has 3 N–H and O–H groups in total. The van der Waals surface area contributed by atoms with Crippen molar-refractivity contribution in [3.05, 3.63) is 74.5 Å². The van der Waals surface area contributed by atoms with Crippen LogP contribution in [0.15, 0.2) is 57.8 Å². The number of nitrogens with one attached hydrogen (secondary N) is 1. The summed E-state index contributed by atoms with van der Waals surface area (Å²) in [5.41, 5.74) is 4.33. The molecule has 2 aromatic carbocycles. The van der Waals surface area contributed by atoms with Gasteiger partial charge in [0, 0.05) is 18.2 Å². The molecule has 0 bridgehead atoms. The third kappa shape index (κ3) is 5.30. The van der Waals surface area contributed by atoms with Gasteiger partial charge in [0.05, 0.1) is 26.5 Å². The van der Waals surface area contributed by atoms with Gasteiger partial charge in [-0.25, -0.2) is 18.2 Å². The number of hydrogen-bond donors (Lipinski definition) is 2. The topological polar surface area (TPSA) is 215 Å². The lowest BCUT2D eigenvalue weighted by atomic mass is 10.2. The molecule has 0 atom stereocenters. The molecule has 0 unspecified atom stereocenters. The van der Waals surface area contributed by atoms with Gasteiger partial charge in [-0.3, -0.25) is 30.3 Å². The normalized spacial score (nSPS) is 10.9. The molecule has 0 saturated heterocycles. The van der Waals surface area contributed by atoms with Crippen LogP contribution in [0.5, 0.6) is 0 Å². The highest BCUT2D eigenvalue weighted by Crippen LogP contribution is 2.29. The summed E-state index contributed by atoms with van der Waals surface area (Å²) < 4.78 is 29.9. The SMILES string of the molecule is Nc1ccc(C(=O)OCC(=O)Nc2ncc(S(=O)(=O)c3ccc([N+](=O)[O-])cc3)s2)cc1[N+](=O)[O-]. The molecule has 0 aliphatic rings. The molecule has 1 heterocycles. The molecule has 0 spiro atoms. The number of thiazole rings is 1. The van der Waals surface area contributed by atoms with Crippen LogP contribution in [-0.4, -0.2) is 41.7 Å². The van der Waals surface area contributed by atoms with Crippen molar-refractivity contribution in [2.75, 3.05) is 17.7 Å². The van der Waals surface area contributed by atoms with Gasteiger partial charge in [0.1, 0.15) is 9.90 Å². The molecule has 1 aromatic heterocycles. The van der Waals surface area contributed by atoms with Crippen molar-refractivity contribution < 1.29 is 32.6 Å². The third-order valence-electron chi connectivity index (χ3n) is 4.15. The monoisotopic (exact) mass is 507 g/mol. The number of amides is 1. The number of aromatic nitrogens is 1. The summed E-state index contributed by atoms with van der Waals surface area (Å²) in [6.45, 7) is -0.777. The first-order chi connectivity index (χ1) is 16.0. The van der Waals surface area contributed by atoms with Gasteiger partial charge in [0.2, 0.25) is 9.84 Å². The standard InChI is InChI=1S/C18H13N5O9S2/c19-13-6-1-10(7-14(13)23(28)29)17(25)32-9-15(24)21-18-20-8-16(33-18)34(30,31)12-4-2-11(3-5-12)22(26)27/h1-8H,9,19H2,(H,20,21,24). The largest absolute Gasteiger partial charge is 0.452 e. The summed E-state index contributed by atoms with van der Waals surface area (Å²) in [7, 11) is -4.04. The fourth-order valence-corrected chi connectivity index (χ4v) is 4.95. The minimum absolute atomic E-state index is 0.107. The summed E-state index contributed by atoms with van der Waals surface area (Å²) in [6.07, 6.45) is 0.997. The predicted molar refractivity (Wildman–Crippen MR) is 117 cm³/mol. The lowest BCUT2D eigenvalue weighted by Crippen LogP contribution is -2.20. The molecule has 1 amide bonds. The number of anilines is 2. The highest BCUT2D eigenvalue weighted by Gasteiger charge is 2.23. The number of carbonyl (C=O) groups excluding carboxylic acids is 2. The van der Waals surface area contributed by atoms with E-state index in [1.54, 1.807) is 0 Å². The second kappa shape index (κ2) is 9.59. The second-order valence-corrected chi connectivity index (χ2v) is 9.60. The summed E-state index contributed by atoms with van der Waals surface area (Å²) in [4.78, 5) is 47.9. The number of nitrogens with two attached hydrogens (primary N) is 1. The molecular formula is C18H13N5O9S2. The molecule has 0 aliphatic heterocycles. The summed E-state index contributed by atoms with van der Waals surface area (Å²) >= 11 is 0.617. The van der Waals surface area contributed by atoms with E-state index in [1.807, 2.05) is 0 Å². The fraction of sp³-hybridized carbons (Fsp3) is 0.0556. The Morgan fingerprint density at radius 2 is 1.76 bits per heavy atom. The maximum atomic E-state index is 12.6. The van der Waals surface area contributed by atoms with Crippen molar-refractivity contribution in [1.29, 1.82) is 0 Å². The minimum atomic E-state index is -4.04. The molecular weight excluding hydrogens is 494 g/mol. The van der Waals surface area contributed by atoms with E-state index in [9.17, 15) is 38.2 Å². The van der Waals surface area contributed by atoms with Crippen LogP contribution in [0.2, 0.25) is 0 Å². The molecule has 14 nitrogen and oxygen atoms in total. The van der Waals surface area contributed by atoms with Crippen LogP contribution in [0.3, 0.4) is 0 Å². The van der Waals surface area contributed by atoms with E-state index in [0.717, 1.165) is 42.6 Å². The van der Waals surface area contributed by atoms with E-state index < -0.39 is 43.9 Å². The van der Waals surface area contributed by atoms with E-state index in [1.165, 1.54) is 6.07 Å². The Morgan fingerprint density at radius 3 is 2.38 bits per heavy atom. The molecule has 3 aromatic rings. The average Bonchev–Trinajstić information content (AvgIpc) is 3.27. The van der Waals surface area contributed by atoms with Crippen molar-refractivity contribution in [1.82, 2.24) is 4.98 Å². The van der Waals surface area contributed by atoms with Crippen molar-refractivity contribution >= 4 is 55.2 Å². The smallest absolute Gasteiger partial charge is 0.338 e. The predicted octanol–water partition coefficient (Wildman–Crippen LogP) is 2.17. The van der Waals surface area contributed by atoms with Gasteiger partial charge in [-0.05, 0) is 24.3 Å². The average molecular weight is 507 g/mol. The number of benzene rings is 2. The highest BCUT2D eigenvalue weighted by atomic mass is 32.2.